The van der Waals surface area contributed by atoms with Crippen LogP contribution in [-0.4, -0.2) is 65.1 Å². The number of benzene rings is 1. The third-order valence-electron chi connectivity index (χ3n) is 5.18. The Hall–Kier alpha value is -1.89. The first-order valence-electron chi connectivity index (χ1n) is 9.13. The number of rotatable bonds is 3. The predicted octanol–water partition coefficient (Wildman–Crippen LogP) is 2.22. The number of carbonyl (C=O) groups excluding carboxylic acids is 1. The monoisotopic (exact) mass is 378 g/mol. The van der Waals surface area contributed by atoms with Gasteiger partial charge in [0.15, 0.2) is 5.11 Å². The molecule has 2 heterocycles. The maximum Gasteiger partial charge on any atom is 0.242 e. The highest BCUT2D eigenvalue weighted by atomic mass is 32.1. The molecule has 1 aromatic rings. The molecule has 7 heteroatoms. The summed E-state index contributed by atoms with van der Waals surface area (Å²) < 4.78 is 13.9. The molecule has 1 amide bonds. The number of carbonyl (C=O) groups is 1. The van der Waals surface area contributed by atoms with Crippen LogP contribution in [0.1, 0.15) is 27.2 Å². The summed E-state index contributed by atoms with van der Waals surface area (Å²) in [6, 6.07) is 7.01. The van der Waals surface area contributed by atoms with Crippen LogP contribution in [0.2, 0.25) is 0 Å². The van der Waals surface area contributed by atoms with Crippen LogP contribution in [0.4, 0.5) is 10.1 Å². The lowest BCUT2D eigenvalue weighted by atomic mass is 9.93. The molecule has 1 atom stereocenters. The summed E-state index contributed by atoms with van der Waals surface area (Å²) in [6.07, 6.45) is 0.932. The molecule has 2 fully saturated rings. The van der Waals surface area contributed by atoms with Crippen molar-refractivity contribution in [1.82, 2.24) is 15.1 Å². The lowest BCUT2D eigenvalue weighted by Gasteiger charge is -2.45. The van der Waals surface area contributed by atoms with Crippen molar-refractivity contribution in [3.63, 3.8) is 0 Å². The van der Waals surface area contributed by atoms with E-state index in [2.05, 4.69) is 26.1 Å². The number of anilines is 1. The fourth-order valence-corrected chi connectivity index (χ4v) is 4.36. The van der Waals surface area contributed by atoms with Crippen molar-refractivity contribution < 1.29 is 9.18 Å². The normalized spacial score (nSPS) is 23.0. The predicted molar refractivity (Wildman–Crippen MR) is 106 cm³/mol. The van der Waals surface area contributed by atoms with Crippen molar-refractivity contribution >= 4 is 28.9 Å². The Balaban J connectivity index is 1.56. The van der Waals surface area contributed by atoms with Crippen molar-refractivity contribution in [1.29, 1.82) is 0 Å². The first-order valence-corrected chi connectivity index (χ1v) is 9.54. The molecular weight excluding hydrogens is 351 g/mol. The van der Waals surface area contributed by atoms with Gasteiger partial charge in [-0.1, -0.05) is 12.1 Å². The molecule has 1 N–H and O–H groups in total. The van der Waals surface area contributed by atoms with Crippen LogP contribution in [0, 0.1) is 5.82 Å². The maximum absolute atomic E-state index is 13.9. The van der Waals surface area contributed by atoms with Gasteiger partial charge in [0.2, 0.25) is 5.91 Å². The molecule has 0 saturated carbocycles. The summed E-state index contributed by atoms with van der Waals surface area (Å²) in [6.45, 7) is 9.12. The van der Waals surface area contributed by atoms with E-state index >= 15 is 0 Å². The van der Waals surface area contributed by atoms with Crippen LogP contribution in [0.3, 0.4) is 0 Å². The Labute approximate surface area is 160 Å². The maximum atomic E-state index is 13.9. The molecule has 0 aliphatic carbocycles. The van der Waals surface area contributed by atoms with Crippen LogP contribution >= 0.6 is 12.2 Å². The Bertz CT molecular complexity index is 688. The minimum atomic E-state index is -0.214. The standard InChI is InChI=1S/C19H27FN4OS/c1-14-12-19(2,3)21-18(26)24(14)13-17(25)23-10-8-22(9-11-23)16-7-5-4-6-15(16)20/h4-7,14H,8-13H2,1-3H3,(H,21,26)/t14-/m0/s1. The van der Waals surface area contributed by atoms with E-state index < -0.39 is 0 Å². The van der Waals surface area contributed by atoms with Gasteiger partial charge in [-0.25, -0.2) is 4.39 Å². The zero-order valence-corrected chi connectivity index (χ0v) is 16.5. The summed E-state index contributed by atoms with van der Waals surface area (Å²) in [7, 11) is 0. The van der Waals surface area contributed by atoms with Crippen molar-refractivity contribution in [2.75, 3.05) is 37.6 Å². The minimum absolute atomic E-state index is 0.0402. The first-order chi connectivity index (χ1) is 12.3. The number of para-hydroxylation sites is 1. The van der Waals surface area contributed by atoms with Gasteiger partial charge in [-0.2, -0.15) is 0 Å². The Kier molecular flexibility index (Phi) is 5.37. The number of halogens is 1. The Morgan fingerprint density at radius 3 is 2.54 bits per heavy atom. The second-order valence-corrected chi connectivity index (χ2v) is 8.20. The highest BCUT2D eigenvalue weighted by Crippen LogP contribution is 2.23. The van der Waals surface area contributed by atoms with Gasteiger partial charge in [0.1, 0.15) is 5.82 Å². The van der Waals surface area contributed by atoms with Crippen molar-refractivity contribution in [3.8, 4) is 0 Å². The molecule has 0 bridgehead atoms. The zero-order chi connectivity index (χ0) is 18.9. The quantitative estimate of drug-likeness (QED) is 0.817. The topological polar surface area (TPSA) is 38.8 Å². The number of amides is 1. The van der Waals surface area contributed by atoms with Crippen molar-refractivity contribution in [2.45, 2.75) is 38.8 Å². The lowest BCUT2D eigenvalue weighted by molar-refractivity contribution is -0.132. The van der Waals surface area contributed by atoms with E-state index in [1.54, 1.807) is 12.1 Å². The third-order valence-corrected chi connectivity index (χ3v) is 5.51. The van der Waals surface area contributed by atoms with E-state index in [1.165, 1.54) is 6.07 Å². The summed E-state index contributed by atoms with van der Waals surface area (Å²) >= 11 is 5.46. The second kappa shape index (κ2) is 7.39. The van der Waals surface area contributed by atoms with Crippen LogP contribution < -0.4 is 10.2 Å². The molecule has 0 aromatic heterocycles. The largest absolute Gasteiger partial charge is 0.366 e. The average Bonchev–Trinajstić information content (AvgIpc) is 2.58. The number of nitrogens with one attached hydrogen (secondary N) is 1. The van der Waals surface area contributed by atoms with Crippen molar-refractivity contribution in [3.05, 3.63) is 30.1 Å². The SMILES string of the molecule is C[C@H]1CC(C)(C)NC(=S)N1CC(=O)N1CCN(c2ccccc2F)CC1. The molecule has 0 unspecified atom stereocenters. The Morgan fingerprint density at radius 2 is 1.92 bits per heavy atom. The summed E-state index contributed by atoms with van der Waals surface area (Å²) in [5.41, 5.74) is 0.568. The molecule has 3 rings (SSSR count). The number of nitrogens with zero attached hydrogens (tertiary/aromatic N) is 3. The molecule has 2 aliphatic heterocycles. The smallest absolute Gasteiger partial charge is 0.242 e. The van der Waals surface area contributed by atoms with Crippen LogP contribution in [0.15, 0.2) is 24.3 Å². The molecule has 142 valence electrons. The van der Waals surface area contributed by atoms with Crippen LogP contribution in [0.25, 0.3) is 0 Å². The van der Waals surface area contributed by atoms with Gasteiger partial charge in [0.05, 0.1) is 12.2 Å². The first kappa shape index (κ1) is 18.9. The number of hydrogen-bond acceptors (Lipinski definition) is 3. The molecule has 5 nitrogen and oxygen atoms in total. The van der Waals surface area contributed by atoms with E-state index in [1.807, 2.05) is 20.8 Å². The van der Waals surface area contributed by atoms with Crippen LogP contribution in [-0.2, 0) is 4.79 Å². The van der Waals surface area contributed by atoms with E-state index in [9.17, 15) is 9.18 Å². The third kappa shape index (κ3) is 4.09. The molecule has 2 saturated heterocycles. The van der Waals surface area contributed by atoms with E-state index in [0.29, 0.717) is 43.5 Å². The fraction of sp³-hybridized carbons (Fsp3) is 0.579. The average molecular weight is 379 g/mol. The highest BCUT2D eigenvalue weighted by molar-refractivity contribution is 7.80. The summed E-state index contributed by atoms with van der Waals surface area (Å²) in [4.78, 5) is 18.6. The molecule has 1 aromatic carbocycles. The Morgan fingerprint density at radius 1 is 1.27 bits per heavy atom. The number of hydrogen-bond donors (Lipinski definition) is 1. The van der Waals surface area contributed by atoms with Gasteiger partial charge in [-0.15, -0.1) is 0 Å². The van der Waals surface area contributed by atoms with Crippen LogP contribution in [0.5, 0.6) is 0 Å². The minimum Gasteiger partial charge on any atom is -0.366 e. The van der Waals surface area contributed by atoms with Gasteiger partial charge >= 0.3 is 0 Å². The fourth-order valence-electron chi connectivity index (χ4n) is 3.84. The summed E-state index contributed by atoms with van der Waals surface area (Å²) in [5, 5.41) is 3.96. The highest BCUT2D eigenvalue weighted by Gasteiger charge is 2.35. The number of thiocarbonyl (C=S) groups is 1. The number of piperazine rings is 1. The molecule has 0 spiro atoms. The van der Waals surface area contributed by atoms with E-state index in [-0.39, 0.29) is 23.3 Å². The van der Waals surface area contributed by atoms with Gasteiger partial charge in [-0.05, 0) is 51.5 Å². The van der Waals surface area contributed by atoms with Crippen molar-refractivity contribution in [2.24, 2.45) is 0 Å². The lowest BCUT2D eigenvalue weighted by Crippen LogP contribution is -2.62. The molecule has 0 radical (unpaired) electrons. The summed E-state index contributed by atoms with van der Waals surface area (Å²) in [5.74, 6) is -0.137. The zero-order valence-electron chi connectivity index (χ0n) is 15.7. The second-order valence-electron chi connectivity index (χ2n) is 7.81. The molecule has 26 heavy (non-hydrogen) atoms. The van der Waals surface area contributed by atoms with Gasteiger partial charge in [0, 0.05) is 37.8 Å². The van der Waals surface area contributed by atoms with Gasteiger partial charge in [-0.3, -0.25) is 4.79 Å². The van der Waals surface area contributed by atoms with Gasteiger partial charge in [0.25, 0.3) is 0 Å². The van der Waals surface area contributed by atoms with E-state index in [4.69, 9.17) is 12.2 Å². The molecular formula is C19H27FN4OS. The van der Waals surface area contributed by atoms with E-state index in [0.717, 1.165) is 6.42 Å². The van der Waals surface area contributed by atoms with Gasteiger partial charge < -0.3 is 20.0 Å². The molecule has 2 aliphatic rings.